The summed E-state index contributed by atoms with van der Waals surface area (Å²) in [6.07, 6.45) is 3.08. The number of nitrogens with one attached hydrogen (secondary N) is 1. The molecule has 1 amide bonds. The number of hydrogen-bond acceptors (Lipinski definition) is 5. The molecule has 0 saturated carbocycles. The zero-order chi connectivity index (χ0) is 16.4. The zero-order valence-corrected chi connectivity index (χ0v) is 13.1. The molecule has 1 aliphatic heterocycles. The number of para-hydroxylation sites is 1. The number of ether oxygens (including phenoxy) is 1. The highest BCUT2D eigenvalue weighted by atomic mass is 32.1. The van der Waals surface area contributed by atoms with Crippen LogP contribution >= 0.6 is 12.2 Å². The summed E-state index contributed by atoms with van der Waals surface area (Å²) in [5.41, 5.74) is 0.743. The number of furan rings is 1. The van der Waals surface area contributed by atoms with Crippen LogP contribution in [-0.4, -0.2) is 28.1 Å². The number of rotatable bonds is 4. The fourth-order valence-electron chi connectivity index (χ4n) is 2.25. The number of phenolic OH excluding ortho intramolecular Hbond substituents is 1. The van der Waals surface area contributed by atoms with Crippen LogP contribution in [0.15, 0.2) is 46.7 Å². The standard InChI is InChI=1S/C16H14N2O4S/c1-21-13-6-2-4-10(14(13)19)8-12-15(20)18(16(23)17-12)9-11-5-3-7-22-11/h2-8,19H,9H2,1H3,(H,17,23)/b12-8-. The molecule has 6 nitrogen and oxygen atoms in total. The van der Waals surface area contributed by atoms with E-state index < -0.39 is 0 Å². The largest absolute Gasteiger partial charge is 0.504 e. The number of nitrogens with zero attached hydrogens (tertiary/aromatic N) is 1. The predicted molar refractivity (Wildman–Crippen MR) is 87.6 cm³/mol. The summed E-state index contributed by atoms with van der Waals surface area (Å²) in [6.45, 7) is 0.249. The van der Waals surface area contributed by atoms with Gasteiger partial charge in [-0.1, -0.05) is 12.1 Å². The minimum Gasteiger partial charge on any atom is -0.504 e. The second kappa shape index (κ2) is 6.13. The van der Waals surface area contributed by atoms with Crippen LogP contribution in [-0.2, 0) is 11.3 Å². The van der Waals surface area contributed by atoms with Gasteiger partial charge in [0.15, 0.2) is 16.6 Å². The van der Waals surface area contributed by atoms with Gasteiger partial charge in [-0.25, -0.2) is 0 Å². The van der Waals surface area contributed by atoms with Gasteiger partial charge in [0.2, 0.25) is 0 Å². The van der Waals surface area contributed by atoms with Crippen molar-refractivity contribution < 1.29 is 19.1 Å². The first-order valence-corrected chi connectivity index (χ1v) is 7.24. The van der Waals surface area contributed by atoms with Gasteiger partial charge in [0.25, 0.3) is 5.91 Å². The Hall–Kier alpha value is -2.80. The molecule has 0 bridgehead atoms. The number of aromatic hydroxyl groups is 1. The Balaban J connectivity index is 1.87. The van der Waals surface area contributed by atoms with Crippen molar-refractivity contribution in [2.24, 2.45) is 0 Å². The molecule has 2 N–H and O–H groups in total. The van der Waals surface area contributed by atoms with Crippen LogP contribution in [0.1, 0.15) is 11.3 Å². The first-order valence-electron chi connectivity index (χ1n) is 6.83. The van der Waals surface area contributed by atoms with Crippen LogP contribution in [0.5, 0.6) is 11.5 Å². The lowest BCUT2D eigenvalue weighted by atomic mass is 10.1. The second-order valence-electron chi connectivity index (χ2n) is 4.86. The van der Waals surface area contributed by atoms with Gasteiger partial charge >= 0.3 is 0 Å². The molecule has 0 aliphatic carbocycles. The number of thiocarbonyl (C=S) groups is 1. The van der Waals surface area contributed by atoms with Crippen LogP contribution in [0.4, 0.5) is 0 Å². The molecule has 118 valence electrons. The van der Waals surface area contributed by atoms with Crippen LogP contribution in [0.25, 0.3) is 6.08 Å². The molecule has 0 unspecified atom stereocenters. The monoisotopic (exact) mass is 330 g/mol. The van der Waals surface area contributed by atoms with E-state index in [1.165, 1.54) is 24.3 Å². The molecule has 0 radical (unpaired) electrons. The quantitative estimate of drug-likeness (QED) is 0.661. The van der Waals surface area contributed by atoms with E-state index in [1.54, 1.807) is 30.3 Å². The number of methoxy groups -OCH3 is 1. The van der Waals surface area contributed by atoms with E-state index in [0.717, 1.165) is 0 Å². The third-order valence-corrected chi connectivity index (χ3v) is 3.73. The average molecular weight is 330 g/mol. The maximum absolute atomic E-state index is 12.5. The lowest BCUT2D eigenvalue weighted by Crippen LogP contribution is -2.29. The van der Waals surface area contributed by atoms with E-state index in [-0.39, 0.29) is 23.9 Å². The van der Waals surface area contributed by atoms with Gasteiger partial charge in [-0.15, -0.1) is 0 Å². The van der Waals surface area contributed by atoms with Gasteiger partial charge in [0.1, 0.15) is 11.5 Å². The van der Waals surface area contributed by atoms with Crippen molar-refractivity contribution in [1.29, 1.82) is 0 Å². The molecule has 3 rings (SSSR count). The van der Waals surface area contributed by atoms with Crippen molar-refractivity contribution in [3.8, 4) is 11.5 Å². The summed E-state index contributed by atoms with van der Waals surface area (Å²) in [5.74, 6) is 0.647. The van der Waals surface area contributed by atoms with Crippen LogP contribution in [0, 0.1) is 0 Å². The Bertz CT molecular complexity index is 783. The molecule has 1 saturated heterocycles. The number of amides is 1. The summed E-state index contributed by atoms with van der Waals surface area (Å²) in [5, 5.41) is 13.3. The summed E-state index contributed by atoms with van der Waals surface area (Å²) in [4.78, 5) is 13.9. The number of carbonyl (C=O) groups excluding carboxylic acids is 1. The normalized spacial score (nSPS) is 16.0. The summed E-state index contributed by atoms with van der Waals surface area (Å²) in [7, 11) is 1.46. The van der Waals surface area contributed by atoms with Crippen LogP contribution in [0.2, 0.25) is 0 Å². The Kier molecular flexibility index (Phi) is 4.03. The molecular formula is C16H14N2O4S. The van der Waals surface area contributed by atoms with E-state index in [4.69, 9.17) is 21.4 Å². The molecule has 0 atom stereocenters. The molecular weight excluding hydrogens is 316 g/mol. The maximum atomic E-state index is 12.5. The summed E-state index contributed by atoms with van der Waals surface area (Å²) < 4.78 is 10.3. The van der Waals surface area contributed by atoms with Crippen molar-refractivity contribution in [3.63, 3.8) is 0 Å². The fraction of sp³-hybridized carbons (Fsp3) is 0.125. The highest BCUT2D eigenvalue weighted by Gasteiger charge is 2.31. The highest BCUT2D eigenvalue weighted by Crippen LogP contribution is 2.31. The summed E-state index contributed by atoms with van der Waals surface area (Å²) >= 11 is 5.19. The molecule has 23 heavy (non-hydrogen) atoms. The SMILES string of the molecule is COc1cccc(/C=C2\NC(=S)N(Cc3ccco3)C2=O)c1O. The van der Waals surface area contributed by atoms with Gasteiger partial charge in [0.05, 0.1) is 19.9 Å². The molecule has 0 spiro atoms. The Morgan fingerprint density at radius 2 is 2.22 bits per heavy atom. The van der Waals surface area contributed by atoms with Gasteiger partial charge in [-0.05, 0) is 36.5 Å². The van der Waals surface area contributed by atoms with Crippen molar-refractivity contribution in [3.05, 3.63) is 53.6 Å². The van der Waals surface area contributed by atoms with E-state index in [9.17, 15) is 9.90 Å². The topological polar surface area (TPSA) is 74.9 Å². The van der Waals surface area contributed by atoms with E-state index in [2.05, 4.69) is 5.32 Å². The third-order valence-electron chi connectivity index (χ3n) is 3.41. The zero-order valence-electron chi connectivity index (χ0n) is 12.3. The molecule has 7 heteroatoms. The van der Waals surface area contributed by atoms with Crippen LogP contribution in [0.3, 0.4) is 0 Å². The Morgan fingerprint density at radius 3 is 2.91 bits per heavy atom. The first kappa shape index (κ1) is 15.1. The number of phenols is 1. The van der Waals surface area contributed by atoms with Crippen molar-refractivity contribution >= 4 is 29.3 Å². The smallest absolute Gasteiger partial charge is 0.276 e. The van der Waals surface area contributed by atoms with Gasteiger partial charge in [-0.2, -0.15) is 0 Å². The molecule has 1 aromatic carbocycles. The Labute approximate surface area is 138 Å². The molecule has 2 heterocycles. The highest BCUT2D eigenvalue weighted by molar-refractivity contribution is 7.80. The number of hydrogen-bond donors (Lipinski definition) is 2. The molecule has 1 fully saturated rings. The Morgan fingerprint density at radius 1 is 1.39 bits per heavy atom. The maximum Gasteiger partial charge on any atom is 0.276 e. The van der Waals surface area contributed by atoms with Gasteiger partial charge < -0.3 is 19.6 Å². The van der Waals surface area contributed by atoms with Crippen molar-refractivity contribution in [2.75, 3.05) is 7.11 Å². The predicted octanol–water partition coefficient (Wildman–Crippen LogP) is 2.25. The molecule has 1 aromatic heterocycles. The number of benzene rings is 1. The van der Waals surface area contributed by atoms with E-state index in [0.29, 0.717) is 22.2 Å². The minimum absolute atomic E-state index is 0.0347. The fourth-order valence-corrected chi connectivity index (χ4v) is 2.51. The van der Waals surface area contributed by atoms with Crippen molar-refractivity contribution in [2.45, 2.75) is 6.54 Å². The van der Waals surface area contributed by atoms with Gasteiger partial charge in [0, 0.05) is 5.56 Å². The third kappa shape index (κ3) is 2.91. The van der Waals surface area contributed by atoms with E-state index >= 15 is 0 Å². The van der Waals surface area contributed by atoms with E-state index in [1.807, 2.05) is 0 Å². The summed E-state index contributed by atoms with van der Waals surface area (Å²) in [6, 6.07) is 8.55. The molecule has 1 aliphatic rings. The van der Waals surface area contributed by atoms with Gasteiger partial charge in [-0.3, -0.25) is 9.69 Å². The number of carbonyl (C=O) groups is 1. The second-order valence-corrected chi connectivity index (χ2v) is 5.24. The average Bonchev–Trinajstić information content (AvgIpc) is 3.14. The van der Waals surface area contributed by atoms with Crippen molar-refractivity contribution in [1.82, 2.24) is 10.2 Å². The lowest BCUT2D eigenvalue weighted by molar-refractivity contribution is -0.122. The lowest BCUT2D eigenvalue weighted by Gasteiger charge is -2.11. The van der Waals surface area contributed by atoms with Crippen LogP contribution < -0.4 is 10.1 Å². The molecule has 2 aromatic rings. The minimum atomic E-state index is -0.284. The first-order chi connectivity index (χ1) is 11.1.